The van der Waals surface area contributed by atoms with Gasteiger partial charge in [-0.25, -0.2) is 0 Å². The van der Waals surface area contributed by atoms with Crippen molar-refractivity contribution in [3.05, 3.63) is 36.0 Å². The van der Waals surface area contributed by atoms with Gasteiger partial charge < -0.3 is 15.1 Å². The van der Waals surface area contributed by atoms with Gasteiger partial charge in [0.15, 0.2) is 5.76 Å². The Labute approximate surface area is 126 Å². The summed E-state index contributed by atoms with van der Waals surface area (Å²) in [7, 11) is 0. The number of rotatable bonds is 5. The number of amides is 2. The first-order chi connectivity index (χ1) is 10.4. The average molecular weight is 301 g/mol. The molecule has 8 heteroatoms. The van der Waals surface area contributed by atoms with E-state index in [0.717, 1.165) is 0 Å². The minimum Gasteiger partial charge on any atom is -0.459 e. The van der Waals surface area contributed by atoms with E-state index in [1.54, 1.807) is 19.9 Å². The van der Waals surface area contributed by atoms with Crippen LogP contribution in [0.15, 0.2) is 29.0 Å². The summed E-state index contributed by atoms with van der Waals surface area (Å²) in [5.41, 5.74) is -0.352. The Morgan fingerprint density at radius 1 is 1.45 bits per heavy atom. The van der Waals surface area contributed by atoms with Crippen LogP contribution in [-0.4, -0.2) is 28.6 Å². The smallest absolute Gasteiger partial charge is 0.291 e. The van der Waals surface area contributed by atoms with Gasteiger partial charge >= 0.3 is 0 Å². The van der Waals surface area contributed by atoms with Gasteiger partial charge in [0, 0.05) is 6.54 Å². The zero-order chi connectivity index (χ0) is 16.2. The Kier molecular flexibility index (Phi) is 4.27. The van der Waals surface area contributed by atoms with E-state index < -0.39 is 17.2 Å². The quantitative estimate of drug-likeness (QED) is 0.772. The lowest BCUT2D eigenvalue weighted by Gasteiger charge is -2.15. The number of anilines is 1. The van der Waals surface area contributed by atoms with Crippen LogP contribution in [0, 0.1) is 16.7 Å². The molecule has 114 valence electrons. The van der Waals surface area contributed by atoms with E-state index in [9.17, 15) is 9.59 Å². The normalized spacial score (nSPS) is 10.8. The van der Waals surface area contributed by atoms with Crippen molar-refractivity contribution in [2.45, 2.75) is 13.8 Å². The van der Waals surface area contributed by atoms with E-state index >= 15 is 0 Å². The predicted octanol–water partition coefficient (Wildman–Crippen LogP) is 1.53. The highest BCUT2D eigenvalue weighted by Crippen LogP contribution is 2.15. The molecule has 0 aliphatic heterocycles. The van der Waals surface area contributed by atoms with Crippen molar-refractivity contribution < 1.29 is 14.0 Å². The molecule has 2 aromatic heterocycles. The summed E-state index contributed by atoms with van der Waals surface area (Å²) in [5, 5.41) is 20.3. The highest BCUT2D eigenvalue weighted by Gasteiger charge is 2.21. The van der Waals surface area contributed by atoms with Crippen molar-refractivity contribution in [2.75, 3.05) is 11.9 Å². The molecule has 0 atom stereocenters. The molecule has 0 aromatic carbocycles. The standard InChI is InChI=1S/C14H15N5O3/c1-14(2,7-15)8-16-13(21)11-9(6-17-19-11)18-12(20)10-4-3-5-22-10/h3-6H,8H2,1-2H3,(H,16,21)(H,17,19)(H,18,20). The zero-order valence-corrected chi connectivity index (χ0v) is 12.1. The Bertz CT molecular complexity index is 709. The first kappa shape index (κ1) is 15.3. The number of furan rings is 1. The lowest BCUT2D eigenvalue weighted by molar-refractivity contribution is 0.0939. The van der Waals surface area contributed by atoms with Crippen LogP contribution in [-0.2, 0) is 0 Å². The zero-order valence-electron chi connectivity index (χ0n) is 12.1. The van der Waals surface area contributed by atoms with Crippen LogP contribution >= 0.6 is 0 Å². The average Bonchev–Trinajstić information content (AvgIpc) is 3.16. The molecule has 0 spiro atoms. The SMILES string of the molecule is CC(C)(C#N)CNC(=O)c1[nH]ncc1NC(=O)c1ccco1. The lowest BCUT2D eigenvalue weighted by atomic mass is 9.96. The van der Waals surface area contributed by atoms with E-state index in [2.05, 4.69) is 26.9 Å². The highest BCUT2D eigenvalue weighted by molar-refractivity contribution is 6.06. The molecule has 2 amide bonds. The van der Waals surface area contributed by atoms with Crippen LogP contribution in [0.25, 0.3) is 0 Å². The minimum atomic E-state index is -0.687. The summed E-state index contributed by atoms with van der Waals surface area (Å²) < 4.78 is 4.97. The van der Waals surface area contributed by atoms with Crippen LogP contribution in [0.5, 0.6) is 0 Å². The number of aromatic amines is 1. The fourth-order valence-corrected chi connectivity index (χ4v) is 1.57. The van der Waals surface area contributed by atoms with E-state index in [0.29, 0.717) is 0 Å². The van der Waals surface area contributed by atoms with Crippen LogP contribution in [0.1, 0.15) is 34.9 Å². The predicted molar refractivity (Wildman–Crippen MR) is 77.0 cm³/mol. The van der Waals surface area contributed by atoms with Gasteiger partial charge in [-0.05, 0) is 26.0 Å². The molecule has 0 bridgehead atoms. The molecule has 0 saturated carbocycles. The number of nitriles is 1. The molecule has 0 fully saturated rings. The Hall–Kier alpha value is -3.08. The van der Waals surface area contributed by atoms with Crippen molar-refractivity contribution in [1.29, 1.82) is 5.26 Å². The summed E-state index contributed by atoms with van der Waals surface area (Å²) in [4.78, 5) is 24.0. The number of carbonyl (C=O) groups excluding carboxylic acids is 2. The number of hydrogen-bond donors (Lipinski definition) is 3. The fourth-order valence-electron chi connectivity index (χ4n) is 1.57. The van der Waals surface area contributed by atoms with E-state index in [-0.39, 0.29) is 23.7 Å². The van der Waals surface area contributed by atoms with Crippen LogP contribution in [0.3, 0.4) is 0 Å². The van der Waals surface area contributed by atoms with Gasteiger partial charge in [-0.3, -0.25) is 14.7 Å². The fraction of sp³-hybridized carbons (Fsp3) is 0.286. The maximum Gasteiger partial charge on any atom is 0.291 e. The summed E-state index contributed by atoms with van der Waals surface area (Å²) in [6.07, 6.45) is 2.70. The molecule has 8 nitrogen and oxygen atoms in total. The number of aromatic nitrogens is 2. The third-order valence-electron chi connectivity index (χ3n) is 2.85. The molecule has 3 N–H and O–H groups in total. The topological polar surface area (TPSA) is 124 Å². The van der Waals surface area contributed by atoms with Crippen LogP contribution in [0.4, 0.5) is 5.69 Å². The summed E-state index contributed by atoms with van der Waals surface area (Å²) >= 11 is 0. The summed E-state index contributed by atoms with van der Waals surface area (Å²) in [6, 6.07) is 5.17. The number of nitrogens with one attached hydrogen (secondary N) is 3. The number of nitrogens with zero attached hydrogens (tertiary/aromatic N) is 2. The third kappa shape index (κ3) is 3.52. The second kappa shape index (κ2) is 6.13. The summed E-state index contributed by atoms with van der Waals surface area (Å²) in [6.45, 7) is 3.59. The van der Waals surface area contributed by atoms with E-state index in [4.69, 9.17) is 9.68 Å². The second-order valence-corrected chi connectivity index (χ2v) is 5.27. The molecule has 2 rings (SSSR count). The van der Waals surface area contributed by atoms with Crippen molar-refractivity contribution >= 4 is 17.5 Å². The van der Waals surface area contributed by atoms with Gasteiger partial charge in [-0.15, -0.1) is 0 Å². The van der Waals surface area contributed by atoms with Crippen molar-refractivity contribution in [1.82, 2.24) is 15.5 Å². The third-order valence-corrected chi connectivity index (χ3v) is 2.85. The first-order valence-electron chi connectivity index (χ1n) is 6.50. The number of carbonyl (C=O) groups is 2. The highest BCUT2D eigenvalue weighted by atomic mass is 16.3. The number of H-pyrrole nitrogens is 1. The molecule has 22 heavy (non-hydrogen) atoms. The van der Waals surface area contributed by atoms with Gasteiger partial charge in [0.25, 0.3) is 11.8 Å². The number of hydrogen-bond acceptors (Lipinski definition) is 5. The Balaban J connectivity index is 2.05. The molecule has 2 aromatic rings. The summed E-state index contributed by atoms with van der Waals surface area (Å²) in [5.74, 6) is -0.827. The maximum atomic E-state index is 12.1. The second-order valence-electron chi connectivity index (χ2n) is 5.27. The molecular formula is C14H15N5O3. The maximum absolute atomic E-state index is 12.1. The molecule has 0 saturated heterocycles. The molecular weight excluding hydrogens is 286 g/mol. The molecule has 0 unspecified atom stereocenters. The molecule has 2 heterocycles. The van der Waals surface area contributed by atoms with E-state index in [1.165, 1.54) is 18.5 Å². The lowest BCUT2D eigenvalue weighted by Crippen LogP contribution is -2.33. The first-order valence-corrected chi connectivity index (χ1v) is 6.50. The largest absolute Gasteiger partial charge is 0.459 e. The Morgan fingerprint density at radius 2 is 2.23 bits per heavy atom. The van der Waals surface area contributed by atoms with Crippen LogP contribution in [0.2, 0.25) is 0 Å². The van der Waals surface area contributed by atoms with Crippen molar-refractivity contribution in [2.24, 2.45) is 5.41 Å². The van der Waals surface area contributed by atoms with Gasteiger partial charge in [0.2, 0.25) is 0 Å². The van der Waals surface area contributed by atoms with Gasteiger partial charge in [-0.1, -0.05) is 0 Å². The van der Waals surface area contributed by atoms with Crippen LogP contribution < -0.4 is 10.6 Å². The van der Waals surface area contributed by atoms with Gasteiger partial charge in [0.1, 0.15) is 5.69 Å². The monoisotopic (exact) mass is 301 g/mol. The van der Waals surface area contributed by atoms with E-state index in [1.807, 2.05) is 0 Å². The van der Waals surface area contributed by atoms with Gasteiger partial charge in [0.05, 0.1) is 29.6 Å². The molecule has 0 radical (unpaired) electrons. The van der Waals surface area contributed by atoms with Crippen molar-refractivity contribution in [3.8, 4) is 6.07 Å². The minimum absolute atomic E-state index is 0.105. The van der Waals surface area contributed by atoms with Crippen molar-refractivity contribution in [3.63, 3.8) is 0 Å². The molecule has 0 aliphatic carbocycles. The molecule has 0 aliphatic rings. The van der Waals surface area contributed by atoms with Gasteiger partial charge in [-0.2, -0.15) is 10.4 Å². The Morgan fingerprint density at radius 3 is 2.86 bits per heavy atom.